The van der Waals surface area contributed by atoms with Crippen LogP contribution >= 0.6 is 0 Å². The summed E-state index contributed by atoms with van der Waals surface area (Å²) in [5.74, 6) is 1.12. The molecular formula is C26H35N7O4. The highest BCUT2D eigenvalue weighted by atomic mass is 16.6. The fraction of sp³-hybridized carbons (Fsp3) is 0.500. The van der Waals surface area contributed by atoms with Crippen molar-refractivity contribution in [2.45, 2.75) is 59.2 Å². The number of rotatable bonds is 5. The number of piperazine rings is 1. The third-order valence-electron chi connectivity index (χ3n) is 6.00. The Morgan fingerprint density at radius 3 is 2.41 bits per heavy atom. The number of nitrogens with one attached hydrogen (secondary N) is 1. The van der Waals surface area contributed by atoms with E-state index < -0.39 is 5.60 Å². The summed E-state index contributed by atoms with van der Waals surface area (Å²) >= 11 is 0. The van der Waals surface area contributed by atoms with Crippen LogP contribution in [0.4, 0.5) is 16.4 Å². The average molecular weight is 510 g/mol. The lowest BCUT2D eigenvalue weighted by molar-refractivity contribution is 0.00559. The Bertz CT molecular complexity index is 1270. The molecule has 4 rings (SSSR count). The standard InChI is InChI=1S/C26H35N7O4/c1-8-36-21-12-20-18(15-31(7)30-20)11-19(21)24(34)27-22-9-10-23(29-28-22)32-13-16(2)33(17(3)14-32)25(35)37-26(4,5)6/h9-12,15-17H,8,13-14H2,1-7H3,(H,27,28,34)/t16-,17+. The summed E-state index contributed by atoms with van der Waals surface area (Å²) in [5.41, 5.74) is 0.600. The van der Waals surface area contributed by atoms with Gasteiger partial charge in [-0.2, -0.15) is 5.10 Å². The monoisotopic (exact) mass is 509 g/mol. The van der Waals surface area contributed by atoms with Crippen molar-refractivity contribution in [1.29, 1.82) is 0 Å². The number of aromatic nitrogens is 4. The van der Waals surface area contributed by atoms with E-state index in [0.29, 0.717) is 42.6 Å². The maximum atomic E-state index is 13.1. The van der Waals surface area contributed by atoms with Gasteiger partial charge in [0.25, 0.3) is 5.91 Å². The van der Waals surface area contributed by atoms with Crippen LogP contribution in [0.15, 0.2) is 30.5 Å². The van der Waals surface area contributed by atoms with E-state index in [1.54, 1.807) is 27.8 Å². The van der Waals surface area contributed by atoms with Crippen molar-refractivity contribution >= 4 is 34.5 Å². The zero-order valence-electron chi connectivity index (χ0n) is 22.5. The highest BCUT2D eigenvalue weighted by Gasteiger charge is 2.36. The van der Waals surface area contributed by atoms with Crippen molar-refractivity contribution in [1.82, 2.24) is 24.9 Å². The number of carbonyl (C=O) groups excluding carboxylic acids is 2. The van der Waals surface area contributed by atoms with Crippen molar-refractivity contribution in [2.75, 3.05) is 29.9 Å². The Kier molecular flexibility index (Phi) is 7.24. The van der Waals surface area contributed by atoms with Crippen LogP contribution in [0.3, 0.4) is 0 Å². The van der Waals surface area contributed by atoms with Gasteiger partial charge in [-0.3, -0.25) is 14.4 Å². The molecule has 11 nitrogen and oxygen atoms in total. The molecule has 37 heavy (non-hydrogen) atoms. The molecule has 11 heteroatoms. The molecule has 2 amide bonds. The first-order valence-electron chi connectivity index (χ1n) is 12.5. The van der Waals surface area contributed by atoms with Gasteiger partial charge in [-0.25, -0.2) is 4.79 Å². The van der Waals surface area contributed by atoms with Crippen LogP contribution in [0.1, 0.15) is 51.9 Å². The van der Waals surface area contributed by atoms with Gasteiger partial charge >= 0.3 is 6.09 Å². The summed E-state index contributed by atoms with van der Waals surface area (Å²) in [4.78, 5) is 29.6. The normalized spacial score (nSPS) is 18.1. The molecular weight excluding hydrogens is 474 g/mol. The van der Waals surface area contributed by atoms with Crippen LogP contribution in [-0.4, -0.2) is 74.3 Å². The van der Waals surface area contributed by atoms with Crippen molar-refractivity contribution < 1.29 is 19.1 Å². The van der Waals surface area contributed by atoms with Crippen LogP contribution < -0.4 is 15.0 Å². The van der Waals surface area contributed by atoms with E-state index in [9.17, 15) is 9.59 Å². The minimum atomic E-state index is -0.549. The predicted octanol–water partition coefficient (Wildman–Crippen LogP) is 3.85. The maximum absolute atomic E-state index is 13.1. The molecule has 0 saturated carbocycles. The third kappa shape index (κ3) is 5.92. The van der Waals surface area contributed by atoms with E-state index in [1.165, 1.54) is 0 Å². The molecule has 1 aliphatic heterocycles. The lowest BCUT2D eigenvalue weighted by atomic mass is 10.1. The third-order valence-corrected chi connectivity index (χ3v) is 6.00. The SMILES string of the molecule is CCOc1cc2nn(C)cc2cc1C(=O)Nc1ccc(N2C[C@@H](C)N(C(=O)OC(C)(C)C)[C@@H](C)C2)nn1. The topological polar surface area (TPSA) is 115 Å². The molecule has 2 atom stereocenters. The Hall–Kier alpha value is -3.89. The molecule has 1 aliphatic rings. The Morgan fingerprint density at radius 2 is 1.81 bits per heavy atom. The van der Waals surface area contributed by atoms with Crippen LogP contribution in [0.25, 0.3) is 10.9 Å². The summed E-state index contributed by atoms with van der Waals surface area (Å²) in [6, 6.07) is 6.93. The molecule has 0 radical (unpaired) electrons. The van der Waals surface area contributed by atoms with E-state index in [1.807, 2.05) is 60.9 Å². The number of ether oxygens (including phenoxy) is 2. The van der Waals surface area contributed by atoms with Gasteiger partial charge in [0, 0.05) is 37.8 Å². The fourth-order valence-electron chi connectivity index (χ4n) is 4.56. The number of benzene rings is 1. The Labute approximate surface area is 216 Å². The smallest absolute Gasteiger partial charge is 0.410 e. The molecule has 0 bridgehead atoms. The molecule has 1 aromatic carbocycles. The van der Waals surface area contributed by atoms with E-state index >= 15 is 0 Å². The molecule has 0 spiro atoms. The zero-order chi connectivity index (χ0) is 26.9. The quantitative estimate of drug-likeness (QED) is 0.552. The van der Waals surface area contributed by atoms with Gasteiger partial charge in [-0.1, -0.05) is 0 Å². The zero-order valence-corrected chi connectivity index (χ0v) is 22.5. The molecule has 0 unspecified atom stereocenters. The largest absolute Gasteiger partial charge is 0.493 e. The van der Waals surface area contributed by atoms with Crippen molar-refractivity contribution in [3.05, 3.63) is 36.0 Å². The minimum Gasteiger partial charge on any atom is -0.493 e. The molecule has 198 valence electrons. The molecule has 0 aliphatic carbocycles. The van der Waals surface area contributed by atoms with Crippen LogP contribution in [0.2, 0.25) is 0 Å². The number of carbonyl (C=O) groups is 2. The summed E-state index contributed by atoms with van der Waals surface area (Å²) < 4.78 is 13.0. The number of hydrogen-bond acceptors (Lipinski definition) is 8. The van der Waals surface area contributed by atoms with Crippen molar-refractivity contribution in [3.8, 4) is 5.75 Å². The predicted molar refractivity (Wildman–Crippen MR) is 141 cm³/mol. The minimum absolute atomic E-state index is 0.0702. The number of nitrogens with zero attached hydrogens (tertiary/aromatic N) is 6. The highest BCUT2D eigenvalue weighted by molar-refractivity contribution is 6.08. The fourth-order valence-corrected chi connectivity index (χ4v) is 4.56. The molecule has 1 saturated heterocycles. The van der Waals surface area contributed by atoms with Crippen LogP contribution in [0, 0.1) is 0 Å². The first-order valence-corrected chi connectivity index (χ1v) is 12.5. The number of amides is 2. The molecule has 3 heterocycles. The van der Waals surface area contributed by atoms with E-state index in [2.05, 4.69) is 25.5 Å². The summed E-state index contributed by atoms with van der Waals surface area (Å²) in [6.45, 7) is 13.0. The Morgan fingerprint density at radius 1 is 1.11 bits per heavy atom. The molecule has 1 fully saturated rings. The van der Waals surface area contributed by atoms with Crippen LogP contribution in [-0.2, 0) is 11.8 Å². The second-order valence-electron chi connectivity index (χ2n) is 10.4. The van der Waals surface area contributed by atoms with Gasteiger partial charge in [-0.05, 0) is 59.7 Å². The number of fused-ring (bicyclic) bond motifs is 1. The van der Waals surface area contributed by atoms with Gasteiger partial charge < -0.3 is 19.7 Å². The highest BCUT2D eigenvalue weighted by Crippen LogP contribution is 2.27. The molecule has 1 N–H and O–H groups in total. The maximum Gasteiger partial charge on any atom is 0.410 e. The second kappa shape index (κ2) is 10.2. The lowest BCUT2D eigenvalue weighted by Crippen LogP contribution is -2.59. The Balaban J connectivity index is 1.45. The van der Waals surface area contributed by atoms with Gasteiger partial charge in [0.05, 0.1) is 29.8 Å². The summed E-state index contributed by atoms with van der Waals surface area (Å²) in [6.07, 6.45) is 1.54. The summed E-state index contributed by atoms with van der Waals surface area (Å²) in [7, 11) is 1.83. The molecule has 3 aromatic rings. The average Bonchev–Trinajstić information content (AvgIpc) is 3.16. The van der Waals surface area contributed by atoms with Crippen LogP contribution in [0.5, 0.6) is 5.75 Å². The number of aryl methyl sites for hydroxylation is 1. The van der Waals surface area contributed by atoms with Gasteiger partial charge in [0.2, 0.25) is 0 Å². The molecule has 2 aromatic heterocycles. The first-order chi connectivity index (χ1) is 17.4. The number of anilines is 2. The lowest BCUT2D eigenvalue weighted by Gasteiger charge is -2.44. The van der Waals surface area contributed by atoms with E-state index in [-0.39, 0.29) is 24.1 Å². The number of hydrogen-bond donors (Lipinski definition) is 1. The van der Waals surface area contributed by atoms with Crippen molar-refractivity contribution in [3.63, 3.8) is 0 Å². The van der Waals surface area contributed by atoms with E-state index in [0.717, 1.165) is 10.9 Å². The first kappa shape index (κ1) is 26.2. The van der Waals surface area contributed by atoms with Gasteiger partial charge in [0.1, 0.15) is 11.4 Å². The van der Waals surface area contributed by atoms with Crippen molar-refractivity contribution in [2.24, 2.45) is 7.05 Å². The van der Waals surface area contributed by atoms with Gasteiger partial charge in [0.15, 0.2) is 11.6 Å². The summed E-state index contributed by atoms with van der Waals surface area (Å²) in [5, 5.41) is 16.6. The van der Waals surface area contributed by atoms with Gasteiger partial charge in [-0.15, -0.1) is 10.2 Å². The van der Waals surface area contributed by atoms with E-state index in [4.69, 9.17) is 9.47 Å². The second-order valence-corrected chi connectivity index (χ2v) is 10.4.